The van der Waals surface area contributed by atoms with Crippen LogP contribution in [0.4, 0.5) is 0 Å². The Hall–Kier alpha value is -3.82. The lowest BCUT2D eigenvalue weighted by atomic mass is 9.66. The van der Waals surface area contributed by atoms with Gasteiger partial charge >= 0.3 is 0 Å². The topological polar surface area (TPSA) is 101 Å². The Kier molecular flexibility index (Phi) is 8.33. The van der Waals surface area contributed by atoms with Crippen LogP contribution in [0.2, 0.25) is 0 Å². The monoisotopic (exact) mass is 718 g/mol. The van der Waals surface area contributed by atoms with Gasteiger partial charge in [0.2, 0.25) is 0 Å². The Balaban J connectivity index is 1.78. The molecule has 2 unspecified atom stereocenters. The molecule has 44 heavy (non-hydrogen) atoms. The van der Waals surface area contributed by atoms with E-state index in [9.17, 15) is 25.5 Å². The van der Waals surface area contributed by atoms with Gasteiger partial charge in [0.15, 0.2) is 23.0 Å². The molecule has 0 saturated carbocycles. The summed E-state index contributed by atoms with van der Waals surface area (Å²) in [6, 6.07) is 26.1. The maximum Gasteiger partial charge on any atom is 0.158 e. The Morgan fingerprint density at radius 3 is 1.48 bits per heavy atom. The van der Waals surface area contributed by atoms with Gasteiger partial charge in [0.05, 0.1) is 0 Å². The predicted molar refractivity (Wildman–Crippen MR) is 186 cm³/mol. The third-order valence-electron chi connectivity index (χ3n) is 9.01. The summed E-state index contributed by atoms with van der Waals surface area (Å²) >= 11 is 7.01. The number of rotatable bonds is 6. The molecule has 5 N–H and O–H groups in total. The van der Waals surface area contributed by atoms with Gasteiger partial charge < -0.3 is 25.5 Å². The van der Waals surface area contributed by atoms with Crippen molar-refractivity contribution < 1.29 is 25.5 Å². The number of hydrogen-bond acceptors (Lipinski definition) is 6. The molecule has 2 atom stereocenters. The zero-order valence-corrected chi connectivity index (χ0v) is 28.2. The minimum absolute atomic E-state index is 0.214. The van der Waals surface area contributed by atoms with Crippen LogP contribution in [0.3, 0.4) is 0 Å². The lowest BCUT2D eigenvalue weighted by molar-refractivity contribution is 0.399. The lowest BCUT2D eigenvalue weighted by Gasteiger charge is -2.37. The Morgan fingerprint density at radius 2 is 0.932 bits per heavy atom. The summed E-state index contributed by atoms with van der Waals surface area (Å²) < 4.78 is 1.15. The predicted octanol–water partition coefficient (Wildman–Crippen LogP) is 8.74. The second-order valence-corrected chi connectivity index (χ2v) is 13.5. The van der Waals surface area contributed by atoms with E-state index in [0.717, 1.165) is 42.5 Å². The van der Waals surface area contributed by atoms with Gasteiger partial charge in [0.1, 0.15) is 5.75 Å². The Bertz CT molecular complexity index is 1790. The number of aryl methyl sites for hydroxylation is 3. The lowest BCUT2D eigenvalue weighted by Crippen LogP contribution is -2.29. The largest absolute Gasteiger partial charge is 0.508 e. The van der Waals surface area contributed by atoms with E-state index in [4.69, 9.17) is 0 Å². The van der Waals surface area contributed by atoms with Crippen LogP contribution in [0.15, 0.2) is 89.8 Å². The highest BCUT2D eigenvalue weighted by molar-refractivity contribution is 14.1. The molecule has 0 amide bonds. The molecule has 5 aromatic rings. The summed E-state index contributed by atoms with van der Waals surface area (Å²) in [6.07, 6.45) is 0. The van der Waals surface area contributed by atoms with Crippen molar-refractivity contribution in [3.8, 4) is 28.7 Å². The minimum atomic E-state index is -0.959. The number of phenolic OH excluding ortho intramolecular Hbond substituents is 5. The van der Waals surface area contributed by atoms with E-state index in [2.05, 4.69) is 79.4 Å². The quantitative estimate of drug-likeness (QED) is 0.0457. The van der Waals surface area contributed by atoms with Crippen molar-refractivity contribution in [2.24, 2.45) is 0 Å². The standard InChI is InChI=1S/C37H35IO5S/c1-20-14-25(38)10-12-27(20)36(4,28-13-11-26(39)15-21(28)2)23-6-8-24(9-7-23)37(5,29-17-32(41)31(40)16-22(29)3)30-18-33(42)34(43)19-35(30)44/h6-19,39-44H,1-5H3. The van der Waals surface area contributed by atoms with Crippen molar-refractivity contribution in [3.05, 3.63) is 139 Å². The maximum absolute atomic E-state index is 10.6. The molecule has 0 fully saturated rings. The third kappa shape index (κ3) is 5.26. The van der Waals surface area contributed by atoms with E-state index in [0.29, 0.717) is 16.0 Å². The fourth-order valence-electron chi connectivity index (χ4n) is 6.63. The molecule has 0 heterocycles. The average Bonchev–Trinajstić information content (AvgIpc) is 2.96. The van der Waals surface area contributed by atoms with E-state index < -0.39 is 10.8 Å². The molecule has 5 nitrogen and oxygen atoms in total. The van der Waals surface area contributed by atoms with Crippen LogP contribution in [0, 0.1) is 24.3 Å². The molecular formula is C37H35IO5S. The van der Waals surface area contributed by atoms with Crippen LogP contribution in [-0.2, 0) is 10.8 Å². The molecule has 0 aromatic heterocycles. The number of benzene rings is 5. The summed E-state index contributed by atoms with van der Waals surface area (Å²) in [6.45, 7) is 10.1. The number of hydrogen-bond donors (Lipinski definition) is 6. The van der Waals surface area contributed by atoms with Gasteiger partial charge in [-0.05, 0) is 156 Å². The van der Waals surface area contributed by atoms with E-state index >= 15 is 0 Å². The first-order valence-electron chi connectivity index (χ1n) is 14.1. The molecule has 0 spiro atoms. The van der Waals surface area contributed by atoms with E-state index in [-0.39, 0.29) is 28.7 Å². The highest BCUT2D eigenvalue weighted by Gasteiger charge is 2.38. The van der Waals surface area contributed by atoms with Gasteiger partial charge in [-0.1, -0.05) is 36.4 Å². The van der Waals surface area contributed by atoms with Gasteiger partial charge in [0, 0.05) is 19.3 Å². The summed E-state index contributed by atoms with van der Waals surface area (Å²) in [7, 11) is 0. The van der Waals surface area contributed by atoms with Crippen LogP contribution in [0.25, 0.3) is 0 Å². The first-order chi connectivity index (χ1) is 20.7. The Labute approximate surface area is 277 Å². The van der Waals surface area contributed by atoms with Gasteiger partial charge in [-0.15, -0.1) is 12.6 Å². The molecule has 0 aliphatic carbocycles. The third-order valence-corrected chi connectivity index (χ3v) is 10.0. The van der Waals surface area contributed by atoms with Crippen LogP contribution in [0.1, 0.15) is 63.9 Å². The molecular weight excluding hydrogens is 683 g/mol. The van der Waals surface area contributed by atoms with Crippen molar-refractivity contribution in [1.82, 2.24) is 0 Å². The molecule has 0 radical (unpaired) electrons. The van der Waals surface area contributed by atoms with Crippen molar-refractivity contribution in [3.63, 3.8) is 0 Å². The van der Waals surface area contributed by atoms with Crippen molar-refractivity contribution in [2.75, 3.05) is 0 Å². The number of aromatic hydroxyl groups is 5. The number of halogens is 1. The number of thiol groups is 1. The van der Waals surface area contributed by atoms with E-state index in [1.165, 1.54) is 24.3 Å². The van der Waals surface area contributed by atoms with Crippen LogP contribution < -0.4 is 0 Å². The molecule has 0 bridgehead atoms. The Morgan fingerprint density at radius 1 is 0.500 bits per heavy atom. The molecule has 5 rings (SSSR count). The van der Waals surface area contributed by atoms with Gasteiger partial charge in [-0.3, -0.25) is 0 Å². The van der Waals surface area contributed by atoms with Crippen LogP contribution in [-0.4, -0.2) is 25.5 Å². The van der Waals surface area contributed by atoms with Gasteiger partial charge in [-0.25, -0.2) is 0 Å². The smallest absolute Gasteiger partial charge is 0.158 e. The summed E-state index contributed by atoms with van der Waals surface area (Å²) in [5.74, 6) is -0.843. The summed E-state index contributed by atoms with van der Waals surface area (Å²) in [5, 5.41) is 51.8. The molecule has 5 aromatic carbocycles. The second kappa shape index (κ2) is 11.6. The zero-order valence-electron chi connectivity index (χ0n) is 25.1. The second-order valence-electron chi connectivity index (χ2n) is 11.8. The highest BCUT2D eigenvalue weighted by atomic mass is 127. The van der Waals surface area contributed by atoms with E-state index in [1.54, 1.807) is 12.1 Å². The molecule has 7 heteroatoms. The van der Waals surface area contributed by atoms with Crippen LogP contribution >= 0.6 is 35.2 Å². The van der Waals surface area contributed by atoms with Crippen molar-refractivity contribution in [1.29, 1.82) is 0 Å². The van der Waals surface area contributed by atoms with Crippen LogP contribution in [0.5, 0.6) is 28.7 Å². The van der Waals surface area contributed by atoms with Crippen molar-refractivity contribution >= 4 is 35.2 Å². The fourth-order valence-corrected chi connectivity index (χ4v) is 7.69. The number of phenols is 5. The maximum atomic E-state index is 10.6. The first kappa shape index (κ1) is 31.6. The van der Waals surface area contributed by atoms with Crippen molar-refractivity contribution in [2.45, 2.75) is 50.3 Å². The van der Waals surface area contributed by atoms with Gasteiger partial charge in [0.25, 0.3) is 0 Å². The van der Waals surface area contributed by atoms with E-state index in [1.807, 2.05) is 39.0 Å². The molecule has 0 saturated heterocycles. The highest BCUT2D eigenvalue weighted by Crippen LogP contribution is 2.49. The molecule has 226 valence electrons. The molecule has 0 aliphatic heterocycles. The first-order valence-corrected chi connectivity index (χ1v) is 15.7. The molecule has 0 aliphatic rings. The normalized spacial score (nSPS) is 14.2. The minimum Gasteiger partial charge on any atom is -0.508 e. The fraction of sp³-hybridized carbons (Fsp3) is 0.189. The zero-order chi connectivity index (χ0) is 32.1. The summed E-state index contributed by atoms with van der Waals surface area (Å²) in [4.78, 5) is 0.456. The van der Waals surface area contributed by atoms with Gasteiger partial charge in [-0.2, -0.15) is 0 Å². The SMILES string of the molecule is Cc1cc(O)ccc1C(C)(c1ccc(C(C)(c2cc(O)c(O)cc2C)c2cc(O)c(O)cc2S)cc1)c1ccc(I)cc1C. The summed E-state index contributed by atoms with van der Waals surface area (Å²) in [5.41, 5.74) is 6.72. The average molecular weight is 719 g/mol.